The zero-order chi connectivity index (χ0) is 25.6. The first-order valence-corrected chi connectivity index (χ1v) is 11.9. The summed E-state index contributed by atoms with van der Waals surface area (Å²) in [5.74, 6) is -0.788. The van der Waals surface area contributed by atoms with Gasteiger partial charge in [0.15, 0.2) is 0 Å². The highest BCUT2D eigenvalue weighted by Crippen LogP contribution is 2.38. The monoisotopic (exact) mass is 476 g/mol. The fraction of sp³-hybridized carbons (Fsp3) is 0.680. The van der Waals surface area contributed by atoms with Crippen LogP contribution in [0, 0.1) is 0 Å². The second kappa shape index (κ2) is 11.6. The van der Waals surface area contributed by atoms with Crippen LogP contribution in [0.4, 0.5) is 4.79 Å². The van der Waals surface area contributed by atoms with Crippen molar-refractivity contribution in [2.45, 2.75) is 96.5 Å². The van der Waals surface area contributed by atoms with E-state index < -0.39 is 42.0 Å². The molecule has 1 aliphatic rings. The number of nitrogens with one attached hydrogen (secondary N) is 2. The van der Waals surface area contributed by atoms with Crippen LogP contribution in [0.5, 0.6) is 0 Å². The molecule has 1 saturated heterocycles. The molecule has 2 N–H and O–H groups in total. The van der Waals surface area contributed by atoms with E-state index in [1.165, 1.54) is 12.7 Å². The van der Waals surface area contributed by atoms with Crippen molar-refractivity contribution in [2.75, 3.05) is 13.7 Å². The minimum Gasteiger partial charge on any atom is -0.444 e. The van der Waals surface area contributed by atoms with Gasteiger partial charge in [-0.15, -0.1) is 0 Å². The van der Waals surface area contributed by atoms with Gasteiger partial charge in [-0.3, -0.25) is 4.79 Å². The summed E-state index contributed by atoms with van der Waals surface area (Å²) in [6.45, 7) is 13.2. The summed E-state index contributed by atoms with van der Waals surface area (Å²) in [7, 11) is 0.859. The lowest BCUT2D eigenvalue weighted by atomic mass is 9.75. The molecule has 0 unspecified atom stereocenters. The van der Waals surface area contributed by atoms with E-state index in [4.69, 9.17) is 18.8 Å². The molecule has 34 heavy (non-hydrogen) atoms. The van der Waals surface area contributed by atoms with Crippen molar-refractivity contribution in [2.24, 2.45) is 0 Å². The van der Waals surface area contributed by atoms with Crippen LogP contribution in [0.15, 0.2) is 30.3 Å². The number of benzene rings is 1. The molecule has 1 heterocycles. The Morgan fingerprint density at radius 3 is 2.15 bits per heavy atom. The zero-order valence-electron chi connectivity index (χ0n) is 21.9. The average Bonchev–Trinajstić information content (AvgIpc) is 2.93. The molecule has 9 heteroatoms. The molecule has 0 aliphatic carbocycles. The van der Waals surface area contributed by atoms with Gasteiger partial charge in [-0.05, 0) is 73.3 Å². The molecule has 2 rings (SSSR count). The van der Waals surface area contributed by atoms with Gasteiger partial charge in [-0.2, -0.15) is 0 Å². The van der Waals surface area contributed by atoms with E-state index in [0.29, 0.717) is 6.42 Å². The molecular formula is C25H41BN2O6. The van der Waals surface area contributed by atoms with Crippen molar-refractivity contribution in [3.63, 3.8) is 0 Å². The third kappa shape index (κ3) is 8.29. The number of rotatable bonds is 10. The molecule has 2 amide bonds. The molecule has 0 saturated carbocycles. The minimum absolute atomic E-state index is 0.00514. The van der Waals surface area contributed by atoms with Crippen molar-refractivity contribution >= 4 is 19.1 Å². The first-order chi connectivity index (χ1) is 15.7. The van der Waals surface area contributed by atoms with Crippen molar-refractivity contribution in [3.05, 3.63) is 35.9 Å². The number of aryl methyl sites for hydroxylation is 1. The summed E-state index contributed by atoms with van der Waals surface area (Å²) in [4.78, 5) is 25.5. The smallest absolute Gasteiger partial charge is 0.444 e. The van der Waals surface area contributed by atoms with Gasteiger partial charge >= 0.3 is 13.2 Å². The number of carbonyl (C=O) groups excluding carboxylic acids is 2. The highest BCUT2D eigenvalue weighted by molar-refractivity contribution is 6.48. The Kier molecular flexibility index (Phi) is 9.57. The number of carbonyl (C=O) groups is 2. The van der Waals surface area contributed by atoms with Crippen LogP contribution < -0.4 is 10.6 Å². The lowest BCUT2D eigenvalue weighted by molar-refractivity contribution is -0.124. The van der Waals surface area contributed by atoms with Gasteiger partial charge in [0.05, 0.1) is 23.8 Å². The van der Waals surface area contributed by atoms with Gasteiger partial charge in [0, 0.05) is 7.11 Å². The molecule has 1 aliphatic heterocycles. The minimum atomic E-state index is -0.918. The van der Waals surface area contributed by atoms with Crippen LogP contribution in [0.1, 0.15) is 66.9 Å². The van der Waals surface area contributed by atoms with Gasteiger partial charge in [0.2, 0.25) is 5.91 Å². The number of ether oxygens (including phenoxy) is 2. The van der Waals surface area contributed by atoms with Crippen LogP contribution in [-0.4, -0.2) is 61.6 Å². The van der Waals surface area contributed by atoms with Gasteiger partial charge in [0.25, 0.3) is 0 Å². The highest BCUT2D eigenvalue weighted by Gasteiger charge is 2.54. The van der Waals surface area contributed by atoms with E-state index >= 15 is 0 Å². The largest absolute Gasteiger partial charge is 0.481 e. The maximum Gasteiger partial charge on any atom is 0.481 e. The van der Waals surface area contributed by atoms with E-state index in [1.54, 1.807) is 20.8 Å². The van der Waals surface area contributed by atoms with Crippen LogP contribution in [-0.2, 0) is 30.0 Å². The maximum atomic E-state index is 13.2. The SMILES string of the molecule is COC[C@@H](NC(=O)OC(C)(C)C)C(=O)N[C@@H](CCCc1ccccc1)B1OC(C)(C)C(C)(C)O1. The quantitative estimate of drug-likeness (QED) is 0.501. The Morgan fingerprint density at radius 1 is 1.03 bits per heavy atom. The van der Waals surface area contributed by atoms with Crippen LogP contribution in [0.3, 0.4) is 0 Å². The van der Waals surface area contributed by atoms with Crippen LogP contribution in [0.2, 0.25) is 0 Å². The fourth-order valence-corrected chi connectivity index (χ4v) is 3.58. The summed E-state index contributed by atoms with van der Waals surface area (Å²) < 4.78 is 23.0. The summed E-state index contributed by atoms with van der Waals surface area (Å²) >= 11 is 0. The predicted molar refractivity (Wildman–Crippen MR) is 132 cm³/mol. The topological polar surface area (TPSA) is 95.1 Å². The number of amides is 2. The second-order valence-corrected chi connectivity index (χ2v) is 10.8. The molecule has 1 fully saturated rings. The highest BCUT2D eigenvalue weighted by atomic mass is 16.7. The van der Waals surface area contributed by atoms with Gasteiger partial charge < -0.3 is 29.4 Å². The number of methoxy groups -OCH3 is 1. The molecular weight excluding hydrogens is 435 g/mol. The zero-order valence-corrected chi connectivity index (χ0v) is 21.9. The third-order valence-corrected chi connectivity index (χ3v) is 6.09. The molecule has 0 radical (unpaired) electrons. The van der Waals surface area contributed by atoms with E-state index in [-0.39, 0.29) is 12.5 Å². The van der Waals surface area contributed by atoms with Crippen molar-refractivity contribution in [1.82, 2.24) is 10.6 Å². The summed E-state index contributed by atoms with van der Waals surface area (Å²) in [6.07, 6.45) is 1.66. The Morgan fingerprint density at radius 2 is 1.62 bits per heavy atom. The molecule has 0 spiro atoms. The van der Waals surface area contributed by atoms with Gasteiger partial charge in [-0.1, -0.05) is 30.3 Å². The van der Waals surface area contributed by atoms with Gasteiger partial charge in [0.1, 0.15) is 11.6 Å². The number of hydrogen-bond acceptors (Lipinski definition) is 6. The van der Waals surface area contributed by atoms with E-state index in [1.807, 2.05) is 45.9 Å². The van der Waals surface area contributed by atoms with E-state index in [2.05, 4.69) is 22.8 Å². The second-order valence-electron chi connectivity index (χ2n) is 10.8. The average molecular weight is 476 g/mol. The lowest BCUT2D eigenvalue weighted by Gasteiger charge is -2.32. The van der Waals surface area contributed by atoms with Crippen LogP contribution >= 0.6 is 0 Å². The summed E-state index contributed by atoms with van der Waals surface area (Å²) in [5, 5.41) is 5.64. The van der Waals surface area contributed by atoms with Crippen LogP contribution in [0.25, 0.3) is 0 Å². The molecule has 8 nitrogen and oxygen atoms in total. The van der Waals surface area contributed by atoms with E-state index in [0.717, 1.165) is 12.8 Å². The molecule has 2 atom stereocenters. The fourth-order valence-electron chi connectivity index (χ4n) is 3.58. The molecule has 1 aromatic rings. The standard InChI is InChI=1S/C25H41BN2O6/c1-23(2,3)32-22(30)27-19(17-31-8)21(29)28-20(16-12-15-18-13-10-9-11-14-18)26-33-24(4,5)25(6,7)34-26/h9-11,13-14,19-20H,12,15-17H2,1-8H3,(H,27,30)(H,28,29)/t19-,20+/m1/s1. The first-order valence-electron chi connectivity index (χ1n) is 11.9. The van der Waals surface area contributed by atoms with Crippen molar-refractivity contribution < 1.29 is 28.4 Å². The Balaban J connectivity index is 2.11. The van der Waals surface area contributed by atoms with E-state index in [9.17, 15) is 9.59 Å². The predicted octanol–water partition coefficient (Wildman–Crippen LogP) is 3.67. The molecule has 190 valence electrons. The summed E-state index contributed by atoms with van der Waals surface area (Å²) in [5.41, 5.74) is -0.507. The first kappa shape index (κ1) is 28.1. The lowest BCUT2D eigenvalue weighted by Crippen LogP contribution is -2.56. The number of alkyl carbamates (subject to hydrolysis) is 1. The molecule has 0 aromatic heterocycles. The maximum absolute atomic E-state index is 13.2. The molecule has 0 bridgehead atoms. The Hall–Kier alpha value is -2.10. The Bertz CT molecular complexity index is 793. The Labute approximate surface area is 204 Å². The third-order valence-electron chi connectivity index (χ3n) is 6.09. The summed E-state index contributed by atoms with van der Waals surface area (Å²) in [6, 6.07) is 9.27. The normalized spacial score (nSPS) is 18.8. The van der Waals surface area contributed by atoms with Crippen molar-refractivity contribution in [3.8, 4) is 0 Å². The van der Waals surface area contributed by atoms with Gasteiger partial charge in [-0.25, -0.2) is 4.79 Å². The van der Waals surface area contributed by atoms with Crippen molar-refractivity contribution in [1.29, 1.82) is 0 Å². The number of hydrogen-bond donors (Lipinski definition) is 2. The molecule has 1 aromatic carbocycles.